The van der Waals surface area contributed by atoms with Crippen LogP contribution in [0, 0.1) is 0 Å². The Hall–Kier alpha value is -3.67. The third kappa shape index (κ3) is 61.2. The van der Waals surface area contributed by atoms with Crippen molar-refractivity contribution >= 4 is 17.9 Å². The number of carbonyl (C=O) groups excluding carboxylic acids is 3. The Morgan fingerprint density at radius 3 is 0.816 bits per heavy atom. The van der Waals surface area contributed by atoms with Crippen molar-refractivity contribution in [2.75, 3.05) is 13.2 Å². The van der Waals surface area contributed by atoms with E-state index in [0.717, 1.165) is 135 Å². The van der Waals surface area contributed by atoms with Crippen LogP contribution in [0.4, 0.5) is 0 Å². The molecule has 0 spiro atoms. The minimum Gasteiger partial charge on any atom is -0.462 e. The van der Waals surface area contributed by atoms with E-state index in [0.29, 0.717) is 19.3 Å². The monoisotopic (exact) mass is 1060 g/mol. The third-order valence-corrected chi connectivity index (χ3v) is 13.8. The molecule has 6 nitrogen and oxygen atoms in total. The van der Waals surface area contributed by atoms with Crippen molar-refractivity contribution in [2.24, 2.45) is 0 Å². The van der Waals surface area contributed by atoms with Crippen molar-refractivity contribution in [3.63, 3.8) is 0 Å². The molecule has 436 valence electrons. The Morgan fingerprint density at radius 1 is 0.276 bits per heavy atom. The molecule has 1 atom stereocenters. The van der Waals surface area contributed by atoms with Crippen LogP contribution in [0.25, 0.3) is 0 Å². The molecule has 0 saturated heterocycles. The Morgan fingerprint density at radius 2 is 0.513 bits per heavy atom. The molecule has 0 aliphatic heterocycles. The van der Waals surface area contributed by atoms with Gasteiger partial charge in [-0.3, -0.25) is 14.4 Å². The van der Waals surface area contributed by atoms with Crippen LogP contribution >= 0.6 is 0 Å². The SMILES string of the molecule is CC/C=C\C/C=C\C/C=C\C/C=C\C/C=C\C/C=C\CCCCCCC(=O)OCC(COC(=O)CCCCCCC/C=C\C/C=C\CCCCCC)OC(=O)CCCCCCCCCCCCCCCCCCCCC. The Kier molecular flexibility index (Phi) is 60.8. The zero-order chi connectivity index (χ0) is 55.0. The number of carbonyl (C=O) groups is 3. The van der Waals surface area contributed by atoms with Crippen molar-refractivity contribution < 1.29 is 28.6 Å². The van der Waals surface area contributed by atoms with E-state index in [2.05, 4.69) is 118 Å². The number of allylic oxidation sites excluding steroid dienone is 16. The minimum absolute atomic E-state index is 0.0912. The molecular formula is C70H120O6. The van der Waals surface area contributed by atoms with Crippen LogP contribution in [0.5, 0.6) is 0 Å². The van der Waals surface area contributed by atoms with Gasteiger partial charge in [-0.25, -0.2) is 0 Å². The molecule has 1 unspecified atom stereocenters. The maximum absolute atomic E-state index is 12.9. The van der Waals surface area contributed by atoms with Gasteiger partial charge in [0.05, 0.1) is 0 Å². The van der Waals surface area contributed by atoms with Crippen LogP contribution in [0.3, 0.4) is 0 Å². The van der Waals surface area contributed by atoms with Crippen molar-refractivity contribution in [3.8, 4) is 0 Å². The smallest absolute Gasteiger partial charge is 0.306 e. The van der Waals surface area contributed by atoms with Gasteiger partial charge in [0.1, 0.15) is 13.2 Å². The van der Waals surface area contributed by atoms with Gasteiger partial charge < -0.3 is 14.2 Å². The highest BCUT2D eigenvalue weighted by atomic mass is 16.6. The summed E-state index contributed by atoms with van der Waals surface area (Å²) in [6.45, 7) is 6.51. The van der Waals surface area contributed by atoms with Gasteiger partial charge in [0.2, 0.25) is 0 Å². The average molecular weight is 1060 g/mol. The van der Waals surface area contributed by atoms with Gasteiger partial charge in [0.25, 0.3) is 0 Å². The predicted octanol–water partition coefficient (Wildman–Crippen LogP) is 22.0. The van der Waals surface area contributed by atoms with E-state index in [1.807, 2.05) is 0 Å². The fourth-order valence-corrected chi connectivity index (χ4v) is 9.01. The molecule has 0 saturated carbocycles. The van der Waals surface area contributed by atoms with Crippen LogP contribution in [0.1, 0.15) is 310 Å². The lowest BCUT2D eigenvalue weighted by Gasteiger charge is -2.18. The number of hydrogen-bond donors (Lipinski definition) is 0. The molecule has 0 aromatic rings. The van der Waals surface area contributed by atoms with Crippen LogP contribution in [0.2, 0.25) is 0 Å². The first-order valence-electron chi connectivity index (χ1n) is 32.2. The second kappa shape index (κ2) is 63.9. The van der Waals surface area contributed by atoms with E-state index < -0.39 is 6.10 Å². The molecule has 0 N–H and O–H groups in total. The van der Waals surface area contributed by atoms with Gasteiger partial charge in [-0.05, 0) is 103 Å². The molecule has 0 radical (unpaired) electrons. The zero-order valence-electron chi connectivity index (χ0n) is 50.0. The van der Waals surface area contributed by atoms with Crippen molar-refractivity contribution in [3.05, 3.63) is 97.2 Å². The maximum atomic E-state index is 12.9. The number of hydrogen-bond acceptors (Lipinski definition) is 6. The second-order valence-corrected chi connectivity index (χ2v) is 21.3. The fourth-order valence-electron chi connectivity index (χ4n) is 9.01. The summed E-state index contributed by atoms with van der Waals surface area (Å²) in [6.07, 6.45) is 85.5. The largest absolute Gasteiger partial charge is 0.462 e. The van der Waals surface area contributed by atoms with Crippen LogP contribution < -0.4 is 0 Å². The Bertz CT molecular complexity index is 1490. The summed E-state index contributed by atoms with van der Waals surface area (Å²) in [5, 5.41) is 0. The number of ether oxygens (including phenoxy) is 3. The lowest BCUT2D eigenvalue weighted by molar-refractivity contribution is -0.167. The standard InChI is InChI=1S/C70H120O6/c1-4-7-10-13-16-19-22-25-28-31-33-34-35-36-38-39-42-45-48-51-54-57-60-63-69(72)75-66-67(65-74-68(71)62-59-56-53-50-47-44-41-30-27-24-21-18-15-12-9-6-3)76-70(73)64-61-58-55-52-49-46-43-40-37-32-29-26-23-20-17-14-11-8-5-2/h7,10,16,19,21,24-25,28,30,33-34,36,38,41-42,45,67H,4-6,8-9,11-15,17-18,20,22-23,26-27,29,31-32,35,37,39-40,43-44,46-66H2,1-3H3/b10-7-,19-16-,24-21-,28-25-,34-33-,38-36-,41-30-,45-42-. The van der Waals surface area contributed by atoms with Crippen LogP contribution in [0.15, 0.2) is 97.2 Å². The van der Waals surface area contributed by atoms with E-state index >= 15 is 0 Å². The molecule has 0 aliphatic carbocycles. The lowest BCUT2D eigenvalue weighted by Crippen LogP contribution is -2.30. The van der Waals surface area contributed by atoms with Gasteiger partial charge in [-0.15, -0.1) is 0 Å². The van der Waals surface area contributed by atoms with Gasteiger partial charge in [-0.1, -0.05) is 285 Å². The van der Waals surface area contributed by atoms with Gasteiger partial charge in [0.15, 0.2) is 6.10 Å². The first kappa shape index (κ1) is 72.3. The third-order valence-electron chi connectivity index (χ3n) is 13.8. The summed E-state index contributed by atoms with van der Waals surface area (Å²) in [6, 6.07) is 0. The highest BCUT2D eigenvalue weighted by molar-refractivity contribution is 5.71. The highest BCUT2D eigenvalue weighted by Crippen LogP contribution is 2.16. The van der Waals surface area contributed by atoms with E-state index in [1.54, 1.807) is 0 Å². The molecule has 0 bridgehead atoms. The molecule has 0 aromatic carbocycles. The van der Waals surface area contributed by atoms with Crippen LogP contribution in [-0.2, 0) is 28.6 Å². The quantitative estimate of drug-likeness (QED) is 0.0261. The Labute approximate surface area is 470 Å². The molecular weight excluding hydrogens is 937 g/mol. The number of unbranched alkanes of at least 4 members (excludes halogenated alkanes) is 31. The normalized spacial score (nSPS) is 12.7. The summed E-state index contributed by atoms with van der Waals surface area (Å²) < 4.78 is 16.9. The van der Waals surface area contributed by atoms with E-state index in [-0.39, 0.29) is 31.1 Å². The van der Waals surface area contributed by atoms with E-state index in [1.165, 1.54) is 135 Å². The molecule has 0 rings (SSSR count). The number of esters is 3. The summed E-state index contributed by atoms with van der Waals surface area (Å²) in [4.78, 5) is 38.3. The Balaban J connectivity index is 4.43. The van der Waals surface area contributed by atoms with Gasteiger partial charge in [0, 0.05) is 19.3 Å². The molecule has 0 aromatic heterocycles. The first-order chi connectivity index (χ1) is 37.5. The van der Waals surface area contributed by atoms with Gasteiger partial charge in [-0.2, -0.15) is 0 Å². The first-order valence-corrected chi connectivity index (χ1v) is 32.2. The zero-order valence-corrected chi connectivity index (χ0v) is 50.0. The summed E-state index contributed by atoms with van der Waals surface area (Å²) in [5.74, 6) is -0.916. The summed E-state index contributed by atoms with van der Waals surface area (Å²) in [7, 11) is 0. The highest BCUT2D eigenvalue weighted by Gasteiger charge is 2.19. The molecule has 0 heterocycles. The molecule has 76 heavy (non-hydrogen) atoms. The molecule has 0 amide bonds. The average Bonchev–Trinajstić information content (AvgIpc) is 3.42. The maximum Gasteiger partial charge on any atom is 0.306 e. The number of rotatable bonds is 58. The van der Waals surface area contributed by atoms with Gasteiger partial charge >= 0.3 is 17.9 Å². The summed E-state index contributed by atoms with van der Waals surface area (Å²) >= 11 is 0. The topological polar surface area (TPSA) is 78.9 Å². The van der Waals surface area contributed by atoms with Crippen molar-refractivity contribution in [1.29, 1.82) is 0 Å². The predicted molar refractivity (Wildman–Crippen MR) is 330 cm³/mol. The van der Waals surface area contributed by atoms with Crippen molar-refractivity contribution in [2.45, 2.75) is 316 Å². The van der Waals surface area contributed by atoms with E-state index in [4.69, 9.17) is 14.2 Å². The lowest BCUT2D eigenvalue weighted by atomic mass is 10.0. The summed E-state index contributed by atoms with van der Waals surface area (Å²) in [5.41, 5.74) is 0. The van der Waals surface area contributed by atoms with Crippen LogP contribution in [-0.4, -0.2) is 37.2 Å². The van der Waals surface area contributed by atoms with Crippen molar-refractivity contribution in [1.82, 2.24) is 0 Å². The molecule has 0 fully saturated rings. The second-order valence-electron chi connectivity index (χ2n) is 21.3. The van der Waals surface area contributed by atoms with E-state index in [9.17, 15) is 14.4 Å². The fraction of sp³-hybridized carbons (Fsp3) is 0.729. The molecule has 6 heteroatoms. The molecule has 0 aliphatic rings. The minimum atomic E-state index is -0.795.